The molecular weight excluding hydrogens is 334 g/mol. The molecule has 1 saturated heterocycles. The maximum atomic E-state index is 12.3. The van der Waals surface area contributed by atoms with Crippen molar-refractivity contribution < 1.29 is 4.79 Å². The molecule has 2 aromatic rings. The van der Waals surface area contributed by atoms with Gasteiger partial charge < -0.3 is 10.6 Å². The second-order valence-electron chi connectivity index (χ2n) is 7.58. The Hall–Kier alpha value is -2.33. The standard InChI is InChI=1S/C23H31N3O/c1-19(12-13-20-8-4-2-5-9-20)24-23(27)25-22-14-16-26(17-15-22)18-21-10-6-3-7-11-21/h2-11,19,22H,12-18H2,1H3,(H2,24,25,27)/t19-/m0/s1. The molecule has 1 atom stereocenters. The number of rotatable bonds is 7. The van der Waals surface area contributed by atoms with Crippen LogP contribution in [0.15, 0.2) is 60.7 Å². The number of piperidine rings is 1. The highest BCUT2D eigenvalue weighted by molar-refractivity contribution is 5.74. The fraction of sp³-hybridized carbons (Fsp3) is 0.435. The van der Waals surface area contributed by atoms with Crippen molar-refractivity contribution in [3.8, 4) is 0 Å². The molecule has 4 heteroatoms. The molecular formula is C23H31N3O. The van der Waals surface area contributed by atoms with Crippen LogP contribution in [0.25, 0.3) is 0 Å². The summed E-state index contributed by atoms with van der Waals surface area (Å²) in [7, 11) is 0. The van der Waals surface area contributed by atoms with Gasteiger partial charge in [0.25, 0.3) is 0 Å². The lowest BCUT2D eigenvalue weighted by molar-refractivity contribution is 0.185. The number of nitrogens with zero attached hydrogens (tertiary/aromatic N) is 1. The van der Waals surface area contributed by atoms with Gasteiger partial charge >= 0.3 is 6.03 Å². The fourth-order valence-electron chi connectivity index (χ4n) is 3.63. The van der Waals surface area contributed by atoms with E-state index >= 15 is 0 Å². The molecule has 2 amide bonds. The maximum absolute atomic E-state index is 12.3. The molecule has 27 heavy (non-hydrogen) atoms. The molecule has 2 N–H and O–H groups in total. The molecule has 0 bridgehead atoms. The molecule has 144 valence electrons. The highest BCUT2D eigenvalue weighted by atomic mass is 16.2. The molecule has 0 unspecified atom stereocenters. The zero-order chi connectivity index (χ0) is 18.9. The summed E-state index contributed by atoms with van der Waals surface area (Å²) < 4.78 is 0. The van der Waals surface area contributed by atoms with Crippen molar-refractivity contribution in [1.82, 2.24) is 15.5 Å². The average Bonchev–Trinajstić information content (AvgIpc) is 2.69. The van der Waals surface area contributed by atoms with Crippen LogP contribution in [-0.2, 0) is 13.0 Å². The smallest absolute Gasteiger partial charge is 0.315 e. The van der Waals surface area contributed by atoms with Crippen molar-refractivity contribution in [3.05, 3.63) is 71.8 Å². The minimum Gasteiger partial charge on any atom is -0.336 e. The van der Waals surface area contributed by atoms with Crippen LogP contribution in [0.5, 0.6) is 0 Å². The molecule has 1 fully saturated rings. The lowest BCUT2D eigenvalue weighted by Gasteiger charge is -2.32. The third-order valence-electron chi connectivity index (χ3n) is 5.26. The molecule has 2 aromatic carbocycles. The topological polar surface area (TPSA) is 44.4 Å². The summed E-state index contributed by atoms with van der Waals surface area (Å²) >= 11 is 0. The monoisotopic (exact) mass is 365 g/mol. The van der Waals surface area contributed by atoms with Crippen molar-refractivity contribution in [1.29, 1.82) is 0 Å². The normalized spacial score (nSPS) is 16.6. The van der Waals surface area contributed by atoms with E-state index in [0.29, 0.717) is 0 Å². The summed E-state index contributed by atoms with van der Waals surface area (Å²) in [6, 6.07) is 21.4. The number of urea groups is 1. The molecule has 0 aromatic heterocycles. The van der Waals surface area contributed by atoms with E-state index in [0.717, 1.165) is 45.3 Å². The van der Waals surface area contributed by atoms with E-state index in [1.165, 1.54) is 11.1 Å². The first-order valence-electron chi connectivity index (χ1n) is 10.1. The quantitative estimate of drug-likeness (QED) is 0.780. The first kappa shape index (κ1) is 19.4. The summed E-state index contributed by atoms with van der Waals surface area (Å²) in [6.45, 7) is 5.13. The second-order valence-corrected chi connectivity index (χ2v) is 7.58. The summed E-state index contributed by atoms with van der Waals surface area (Å²) in [5.74, 6) is 0. The van der Waals surface area contributed by atoms with Gasteiger partial charge in [-0.1, -0.05) is 60.7 Å². The predicted octanol–water partition coefficient (Wildman–Crippen LogP) is 3.97. The lowest BCUT2D eigenvalue weighted by Crippen LogP contribution is -2.49. The molecule has 0 saturated carbocycles. The molecule has 1 aliphatic heterocycles. The number of hydrogen-bond acceptors (Lipinski definition) is 2. The second kappa shape index (κ2) is 10.1. The maximum Gasteiger partial charge on any atom is 0.315 e. The molecule has 1 heterocycles. The van der Waals surface area contributed by atoms with Gasteiger partial charge in [0, 0.05) is 31.7 Å². The van der Waals surface area contributed by atoms with Crippen LogP contribution in [0.4, 0.5) is 4.79 Å². The average molecular weight is 366 g/mol. The van der Waals surface area contributed by atoms with Crippen molar-refractivity contribution in [2.75, 3.05) is 13.1 Å². The van der Waals surface area contributed by atoms with Gasteiger partial charge in [0.2, 0.25) is 0 Å². The van der Waals surface area contributed by atoms with Gasteiger partial charge in [0.1, 0.15) is 0 Å². The minimum absolute atomic E-state index is 0.0305. The summed E-state index contributed by atoms with van der Waals surface area (Å²) in [5, 5.41) is 6.24. The van der Waals surface area contributed by atoms with Crippen LogP contribution in [0.1, 0.15) is 37.3 Å². The Morgan fingerprint density at radius 1 is 1.00 bits per heavy atom. The highest BCUT2D eigenvalue weighted by Gasteiger charge is 2.21. The summed E-state index contributed by atoms with van der Waals surface area (Å²) in [5.41, 5.74) is 2.67. The van der Waals surface area contributed by atoms with Crippen LogP contribution >= 0.6 is 0 Å². The van der Waals surface area contributed by atoms with Crippen molar-refractivity contribution in [2.45, 2.75) is 51.2 Å². The highest BCUT2D eigenvalue weighted by Crippen LogP contribution is 2.14. The molecule has 0 spiro atoms. The van der Waals surface area contributed by atoms with Gasteiger partial charge in [-0.05, 0) is 43.7 Å². The Bertz CT molecular complexity index is 681. The molecule has 0 radical (unpaired) electrons. The first-order chi connectivity index (χ1) is 13.2. The number of hydrogen-bond donors (Lipinski definition) is 2. The Labute approximate surface area is 163 Å². The number of carbonyl (C=O) groups excluding carboxylic acids is 1. The minimum atomic E-state index is -0.0305. The third-order valence-corrected chi connectivity index (χ3v) is 5.26. The van der Waals surface area contributed by atoms with Crippen molar-refractivity contribution >= 4 is 6.03 Å². The van der Waals surface area contributed by atoms with E-state index in [2.05, 4.69) is 77.1 Å². The van der Waals surface area contributed by atoms with Gasteiger partial charge in [-0.2, -0.15) is 0 Å². The third kappa shape index (κ3) is 6.72. The van der Waals surface area contributed by atoms with E-state index < -0.39 is 0 Å². The lowest BCUT2D eigenvalue weighted by atomic mass is 10.0. The van der Waals surface area contributed by atoms with Crippen LogP contribution in [-0.4, -0.2) is 36.1 Å². The van der Waals surface area contributed by atoms with Crippen molar-refractivity contribution in [2.24, 2.45) is 0 Å². The number of amides is 2. The van der Waals surface area contributed by atoms with Crippen molar-refractivity contribution in [3.63, 3.8) is 0 Å². The molecule has 1 aliphatic rings. The predicted molar refractivity (Wildman–Crippen MR) is 111 cm³/mol. The van der Waals surface area contributed by atoms with Crippen LogP contribution in [0.3, 0.4) is 0 Å². The van der Waals surface area contributed by atoms with E-state index in [1.807, 2.05) is 6.07 Å². The molecule has 3 rings (SSSR count). The SMILES string of the molecule is C[C@@H](CCc1ccccc1)NC(=O)NC1CCN(Cc2ccccc2)CC1. The van der Waals surface area contributed by atoms with E-state index in [1.54, 1.807) is 0 Å². The number of likely N-dealkylation sites (tertiary alicyclic amines) is 1. The largest absolute Gasteiger partial charge is 0.336 e. The summed E-state index contributed by atoms with van der Waals surface area (Å²) in [6.07, 6.45) is 3.96. The number of aryl methyl sites for hydroxylation is 1. The van der Waals surface area contributed by atoms with Gasteiger partial charge in [-0.25, -0.2) is 4.79 Å². The Morgan fingerprint density at radius 2 is 1.59 bits per heavy atom. The Kier molecular flexibility index (Phi) is 7.28. The van der Waals surface area contributed by atoms with E-state index in [4.69, 9.17) is 0 Å². The van der Waals surface area contributed by atoms with Crippen LogP contribution < -0.4 is 10.6 Å². The first-order valence-corrected chi connectivity index (χ1v) is 10.1. The van der Waals surface area contributed by atoms with E-state index in [-0.39, 0.29) is 18.1 Å². The number of benzene rings is 2. The Balaban J connectivity index is 1.33. The fourth-order valence-corrected chi connectivity index (χ4v) is 3.63. The van der Waals surface area contributed by atoms with Gasteiger partial charge in [-0.3, -0.25) is 4.90 Å². The van der Waals surface area contributed by atoms with Crippen LogP contribution in [0, 0.1) is 0 Å². The van der Waals surface area contributed by atoms with E-state index in [9.17, 15) is 4.79 Å². The zero-order valence-corrected chi connectivity index (χ0v) is 16.2. The van der Waals surface area contributed by atoms with Gasteiger partial charge in [-0.15, -0.1) is 0 Å². The molecule has 0 aliphatic carbocycles. The molecule has 4 nitrogen and oxygen atoms in total. The van der Waals surface area contributed by atoms with Gasteiger partial charge in [0.15, 0.2) is 0 Å². The number of nitrogens with one attached hydrogen (secondary N) is 2. The Morgan fingerprint density at radius 3 is 2.22 bits per heavy atom. The number of carbonyl (C=O) groups is 1. The zero-order valence-electron chi connectivity index (χ0n) is 16.2. The summed E-state index contributed by atoms with van der Waals surface area (Å²) in [4.78, 5) is 14.7. The van der Waals surface area contributed by atoms with Crippen LogP contribution in [0.2, 0.25) is 0 Å². The van der Waals surface area contributed by atoms with Gasteiger partial charge in [0.05, 0.1) is 0 Å².